The van der Waals surface area contributed by atoms with Crippen LogP contribution in [0.5, 0.6) is 11.5 Å². The van der Waals surface area contributed by atoms with Gasteiger partial charge in [-0.15, -0.1) is 11.3 Å². The molecule has 0 saturated carbocycles. The third-order valence-electron chi connectivity index (χ3n) is 5.88. The number of anilines is 1. The Labute approximate surface area is 205 Å². The van der Waals surface area contributed by atoms with Gasteiger partial charge in [-0.3, -0.25) is 14.5 Å². The van der Waals surface area contributed by atoms with Crippen LogP contribution in [0.1, 0.15) is 24.1 Å². The van der Waals surface area contributed by atoms with Gasteiger partial charge in [0.25, 0.3) is 5.78 Å². The van der Waals surface area contributed by atoms with E-state index in [9.17, 15) is 14.7 Å². The molecule has 0 aliphatic carbocycles. The molecule has 1 unspecified atom stereocenters. The zero-order chi connectivity index (χ0) is 24.5. The van der Waals surface area contributed by atoms with Crippen LogP contribution >= 0.6 is 11.3 Å². The van der Waals surface area contributed by atoms with E-state index in [0.29, 0.717) is 28.6 Å². The molecule has 1 aromatic heterocycles. The highest BCUT2D eigenvalue weighted by atomic mass is 32.1. The first-order valence-corrected chi connectivity index (χ1v) is 11.9. The number of ether oxygens (including phenoxy) is 2. The zero-order valence-electron chi connectivity index (χ0n) is 19.1. The van der Waals surface area contributed by atoms with Gasteiger partial charge in [0.1, 0.15) is 17.3 Å². The summed E-state index contributed by atoms with van der Waals surface area (Å²) in [6.07, 6.45) is 1.57. The lowest BCUT2D eigenvalue weighted by Crippen LogP contribution is -2.29. The van der Waals surface area contributed by atoms with Crippen molar-refractivity contribution in [2.45, 2.75) is 13.0 Å². The number of carbonyl (C=O) groups is 2. The van der Waals surface area contributed by atoms with Gasteiger partial charge in [-0.2, -0.15) is 0 Å². The number of methoxy groups -OCH3 is 1. The number of benzene rings is 3. The van der Waals surface area contributed by atoms with E-state index in [4.69, 9.17) is 9.47 Å². The summed E-state index contributed by atoms with van der Waals surface area (Å²) in [4.78, 5) is 32.1. The molecule has 1 fully saturated rings. The fourth-order valence-corrected chi connectivity index (χ4v) is 4.94. The molecule has 1 amide bonds. The number of aliphatic hydroxyl groups is 1. The van der Waals surface area contributed by atoms with Crippen LogP contribution in [-0.4, -0.2) is 35.5 Å². The Hall–Kier alpha value is -4.17. The molecule has 1 atom stereocenters. The summed E-state index contributed by atoms with van der Waals surface area (Å²) in [7, 11) is 1.60. The van der Waals surface area contributed by atoms with Crippen molar-refractivity contribution in [2.24, 2.45) is 0 Å². The fourth-order valence-electron chi connectivity index (χ4n) is 4.27. The number of aromatic nitrogens is 1. The number of Topliss-reactive ketones (excluding diaryl/α,β-unsaturated/α-hetero) is 1. The second-order valence-electron chi connectivity index (χ2n) is 7.92. The Morgan fingerprint density at radius 1 is 1.06 bits per heavy atom. The van der Waals surface area contributed by atoms with Crippen LogP contribution in [0, 0.1) is 0 Å². The van der Waals surface area contributed by atoms with Crippen molar-refractivity contribution in [3.63, 3.8) is 0 Å². The van der Waals surface area contributed by atoms with Crippen molar-refractivity contribution in [3.8, 4) is 11.5 Å². The van der Waals surface area contributed by atoms with Gasteiger partial charge in [0.05, 0.1) is 25.3 Å². The Kier molecular flexibility index (Phi) is 5.96. The maximum atomic E-state index is 13.3. The predicted molar refractivity (Wildman–Crippen MR) is 135 cm³/mol. The second kappa shape index (κ2) is 9.23. The van der Waals surface area contributed by atoms with Gasteiger partial charge < -0.3 is 14.6 Å². The predicted octanol–water partition coefficient (Wildman–Crippen LogP) is 5.33. The number of carbonyl (C=O) groups excluding carboxylic acids is 2. The molecule has 1 aliphatic rings. The summed E-state index contributed by atoms with van der Waals surface area (Å²) in [5.74, 6) is -0.419. The molecule has 5 rings (SSSR count). The van der Waals surface area contributed by atoms with Crippen LogP contribution in [0.4, 0.5) is 5.13 Å². The Bertz CT molecular complexity index is 1460. The standard InChI is InChI=1S/C27H22N2O5S/c1-3-34-21-6-4-5-18(15-21)23-22(25(31)26(32)29(23)27-28-11-12-35-27)24(30)19-8-7-17-14-20(33-2)10-9-16(17)13-19/h4-15,23,30H,3H2,1-2H3/b24-22+. The number of aliphatic hydroxyl groups excluding tert-OH is 1. The van der Waals surface area contributed by atoms with Crippen LogP contribution in [-0.2, 0) is 9.59 Å². The smallest absolute Gasteiger partial charge is 0.301 e. The van der Waals surface area contributed by atoms with Gasteiger partial charge in [0, 0.05) is 17.1 Å². The van der Waals surface area contributed by atoms with E-state index in [-0.39, 0.29) is 11.3 Å². The van der Waals surface area contributed by atoms with E-state index in [2.05, 4.69) is 4.98 Å². The fraction of sp³-hybridized carbons (Fsp3) is 0.148. The molecule has 1 aliphatic heterocycles. The first kappa shape index (κ1) is 22.6. The molecule has 1 saturated heterocycles. The van der Waals surface area contributed by atoms with Crippen LogP contribution < -0.4 is 14.4 Å². The number of hydrogen-bond donors (Lipinski definition) is 1. The Morgan fingerprint density at radius 3 is 2.60 bits per heavy atom. The summed E-state index contributed by atoms with van der Waals surface area (Å²) in [6, 6.07) is 17.3. The molecule has 3 aromatic carbocycles. The number of nitrogens with zero attached hydrogens (tertiary/aromatic N) is 2. The molecule has 7 nitrogen and oxygen atoms in total. The molecule has 0 bridgehead atoms. The van der Waals surface area contributed by atoms with Crippen molar-refractivity contribution >= 4 is 44.7 Å². The maximum absolute atomic E-state index is 13.3. The van der Waals surface area contributed by atoms with E-state index in [1.165, 1.54) is 16.2 Å². The van der Waals surface area contributed by atoms with E-state index in [1.54, 1.807) is 55.1 Å². The molecule has 8 heteroatoms. The van der Waals surface area contributed by atoms with Gasteiger partial charge in [0.2, 0.25) is 0 Å². The van der Waals surface area contributed by atoms with Gasteiger partial charge in [0.15, 0.2) is 5.13 Å². The first-order chi connectivity index (χ1) is 17.0. The van der Waals surface area contributed by atoms with E-state index in [0.717, 1.165) is 16.5 Å². The van der Waals surface area contributed by atoms with Gasteiger partial charge in [-0.25, -0.2) is 4.98 Å². The lowest BCUT2D eigenvalue weighted by molar-refractivity contribution is -0.132. The minimum absolute atomic E-state index is 0.00621. The zero-order valence-corrected chi connectivity index (χ0v) is 19.9. The number of amides is 1. The highest BCUT2D eigenvalue weighted by Crippen LogP contribution is 2.43. The molecule has 0 spiro atoms. The molecule has 35 heavy (non-hydrogen) atoms. The highest BCUT2D eigenvalue weighted by Gasteiger charge is 2.48. The lowest BCUT2D eigenvalue weighted by atomic mass is 9.94. The average Bonchev–Trinajstić information content (AvgIpc) is 3.50. The second-order valence-corrected chi connectivity index (χ2v) is 8.79. The van der Waals surface area contributed by atoms with Crippen molar-refractivity contribution < 1.29 is 24.2 Å². The third-order valence-corrected chi connectivity index (χ3v) is 6.65. The molecular weight excluding hydrogens is 464 g/mol. The molecule has 0 radical (unpaired) electrons. The molecule has 176 valence electrons. The largest absolute Gasteiger partial charge is 0.507 e. The van der Waals surface area contributed by atoms with E-state index in [1.807, 2.05) is 31.2 Å². The number of hydrogen-bond acceptors (Lipinski definition) is 7. The lowest BCUT2D eigenvalue weighted by Gasteiger charge is -2.23. The Balaban J connectivity index is 1.69. The van der Waals surface area contributed by atoms with Gasteiger partial charge >= 0.3 is 5.91 Å². The molecule has 1 N–H and O–H groups in total. The van der Waals surface area contributed by atoms with Crippen molar-refractivity contribution in [1.29, 1.82) is 0 Å². The van der Waals surface area contributed by atoms with Crippen molar-refractivity contribution in [1.82, 2.24) is 4.98 Å². The highest BCUT2D eigenvalue weighted by molar-refractivity contribution is 7.14. The van der Waals surface area contributed by atoms with Crippen LogP contribution in [0.25, 0.3) is 16.5 Å². The maximum Gasteiger partial charge on any atom is 0.301 e. The van der Waals surface area contributed by atoms with Crippen LogP contribution in [0.2, 0.25) is 0 Å². The summed E-state index contributed by atoms with van der Waals surface area (Å²) >= 11 is 1.25. The SMILES string of the molecule is CCOc1cccc(C2/C(=C(\O)c3ccc4cc(OC)ccc4c3)C(=O)C(=O)N2c2nccs2)c1. The number of thiazole rings is 1. The Morgan fingerprint density at radius 2 is 1.86 bits per heavy atom. The number of fused-ring (bicyclic) bond motifs is 1. The monoisotopic (exact) mass is 486 g/mol. The van der Waals surface area contributed by atoms with Crippen molar-refractivity contribution in [2.75, 3.05) is 18.6 Å². The number of rotatable bonds is 6. The molecule has 4 aromatic rings. The van der Waals surface area contributed by atoms with Crippen LogP contribution in [0.15, 0.2) is 77.8 Å². The molecular formula is C27H22N2O5S. The third kappa shape index (κ3) is 4.02. The molecule has 2 heterocycles. The van der Waals surface area contributed by atoms with Crippen LogP contribution in [0.3, 0.4) is 0 Å². The van der Waals surface area contributed by atoms with Gasteiger partial charge in [-0.1, -0.05) is 30.3 Å². The minimum Gasteiger partial charge on any atom is -0.507 e. The first-order valence-electron chi connectivity index (χ1n) is 11.0. The van der Waals surface area contributed by atoms with Crippen molar-refractivity contribution in [3.05, 3.63) is 88.9 Å². The average molecular weight is 487 g/mol. The number of ketones is 1. The quantitative estimate of drug-likeness (QED) is 0.225. The normalized spacial score (nSPS) is 17.2. The van der Waals surface area contributed by atoms with E-state index < -0.39 is 17.7 Å². The van der Waals surface area contributed by atoms with E-state index >= 15 is 0 Å². The summed E-state index contributed by atoms with van der Waals surface area (Å²) in [5.41, 5.74) is 1.08. The summed E-state index contributed by atoms with van der Waals surface area (Å²) < 4.78 is 10.9. The van der Waals surface area contributed by atoms with Gasteiger partial charge in [-0.05, 0) is 53.6 Å². The summed E-state index contributed by atoms with van der Waals surface area (Å²) in [6.45, 7) is 2.35. The minimum atomic E-state index is -0.854. The summed E-state index contributed by atoms with van der Waals surface area (Å²) in [5, 5.41) is 15.3. The topological polar surface area (TPSA) is 89.0 Å².